The number of phenols is 1. The molecular weight excluding hydrogens is 248 g/mol. The number of piperidine rings is 1. The number of aromatic hydroxyl groups is 1. The van der Waals surface area contributed by atoms with Crippen molar-refractivity contribution in [2.75, 3.05) is 18.0 Å². The summed E-state index contributed by atoms with van der Waals surface area (Å²) in [6.45, 7) is 10.8. The van der Waals surface area contributed by atoms with Gasteiger partial charge in [-0.15, -0.1) is 0 Å². The third-order valence-corrected chi connectivity index (χ3v) is 4.46. The fraction of sp³-hybridized carbons (Fsp3) is 0.647. The summed E-state index contributed by atoms with van der Waals surface area (Å²) in [6.07, 6.45) is 2.47. The average Bonchev–Trinajstić information content (AvgIpc) is 2.38. The Balaban J connectivity index is 2.16. The second kappa shape index (κ2) is 6.49. The molecule has 0 saturated carbocycles. The van der Waals surface area contributed by atoms with Gasteiger partial charge in [-0.1, -0.05) is 19.9 Å². The highest BCUT2D eigenvalue weighted by molar-refractivity contribution is 5.55. The van der Waals surface area contributed by atoms with Crippen molar-refractivity contribution in [3.63, 3.8) is 0 Å². The Kier molecular flexibility index (Phi) is 4.92. The molecule has 3 heteroatoms. The Morgan fingerprint density at radius 2 is 2.15 bits per heavy atom. The van der Waals surface area contributed by atoms with Crippen LogP contribution in [0.15, 0.2) is 18.2 Å². The molecule has 1 aromatic carbocycles. The molecule has 0 radical (unpaired) electrons. The van der Waals surface area contributed by atoms with Crippen molar-refractivity contribution >= 4 is 5.69 Å². The Bertz CT molecular complexity index is 447. The summed E-state index contributed by atoms with van der Waals surface area (Å²) in [7, 11) is 0. The molecule has 3 unspecified atom stereocenters. The second-order valence-electron chi connectivity index (χ2n) is 6.19. The van der Waals surface area contributed by atoms with Gasteiger partial charge in [0.2, 0.25) is 0 Å². The molecule has 2 N–H and O–H groups in total. The minimum Gasteiger partial charge on any atom is -0.508 e. The van der Waals surface area contributed by atoms with E-state index in [-0.39, 0.29) is 6.04 Å². The van der Waals surface area contributed by atoms with Crippen LogP contribution in [-0.2, 0) is 0 Å². The Hall–Kier alpha value is -1.22. The van der Waals surface area contributed by atoms with E-state index in [0.717, 1.165) is 30.3 Å². The van der Waals surface area contributed by atoms with Crippen LogP contribution in [0.5, 0.6) is 5.75 Å². The monoisotopic (exact) mass is 276 g/mol. The zero-order valence-electron chi connectivity index (χ0n) is 13.2. The second-order valence-corrected chi connectivity index (χ2v) is 6.19. The number of phenolic OH excluding ortho intramolecular Hbond substituents is 1. The summed E-state index contributed by atoms with van der Waals surface area (Å²) in [5.74, 6) is 1.21. The Labute approximate surface area is 123 Å². The van der Waals surface area contributed by atoms with Crippen LogP contribution >= 0.6 is 0 Å². The first-order valence-corrected chi connectivity index (χ1v) is 7.85. The van der Waals surface area contributed by atoms with Gasteiger partial charge in [-0.2, -0.15) is 0 Å². The van der Waals surface area contributed by atoms with Gasteiger partial charge >= 0.3 is 0 Å². The quantitative estimate of drug-likeness (QED) is 0.880. The van der Waals surface area contributed by atoms with Crippen LogP contribution in [0.25, 0.3) is 0 Å². The minimum atomic E-state index is 0.188. The molecule has 0 spiro atoms. The van der Waals surface area contributed by atoms with Gasteiger partial charge in [0, 0.05) is 35.9 Å². The van der Waals surface area contributed by atoms with E-state index in [9.17, 15) is 5.11 Å². The summed E-state index contributed by atoms with van der Waals surface area (Å²) in [5, 5.41) is 13.6. The number of hydrogen-bond acceptors (Lipinski definition) is 3. The van der Waals surface area contributed by atoms with Crippen molar-refractivity contribution in [2.45, 2.75) is 52.6 Å². The molecule has 1 aliphatic heterocycles. The summed E-state index contributed by atoms with van der Waals surface area (Å²) in [6, 6.07) is 6.87. The van der Waals surface area contributed by atoms with Gasteiger partial charge in [0.1, 0.15) is 5.75 Å². The molecular formula is C17H28N2O. The van der Waals surface area contributed by atoms with Crippen LogP contribution in [0.4, 0.5) is 5.69 Å². The maximum absolute atomic E-state index is 10.3. The van der Waals surface area contributed by atoms with E-state index in [4.69, 9.17) is 0 Å². The van der Waals surface area contributed by atoms with Crippen LogP contribution < -0.4 is 10.2 Å². The highest BCUT2D eigenvalue weighted by Crippen LogP contribution is 2.33. The zero-order chi connectivity index (χ0) is 14.7. The van der Waals surface area contributed by atoms with Crippen molar-refractivity contribution in [2.24, 2.45) is 5.92 Å². The first-order chi connectivity index (χ1) is 9.52. The number of anilines is 1. The Morgan fingerprint density at radius 1 is 1.40 bits per heavy atom. The van der Waals surface area contributed by atoms with E-state index in [0.29, 0.717) is 11.8 Å². The maximum Gasteiger partial charge on any atom is 0.122 e. The topological polar surface area (TPSA) is 35.5 Å². The van der Waals surface area contributed by atoms with E-state index < -0.39 is 0 Å². The molecule has 1 saturated heterocycles. The largest absolute Gasteiger partial charge is 0.508 e. The predicted molar refractivity (Wildman–Crippen MR) is 85.4 cm³/mol. The van der Waals surface area contributed by atoms with Gasteiger partial charge in [0.25, 0.3) is 0 Å². The fourth-order valence-electron chi connectivity index (χ4n) is 3.28. The van der Waals surface area contributed by atoms with E-state index in [1.54, 1.807) is 0 Å². The molecule has 0 bridgehead atoms. The lowest BCUT2D eigenvalue weighted by Crippen LogP contribution is -2.40. The third kappa shape index (κ3) is 3.26. The Morgan fingerprint density at radius 3 is 2.75 bits per heavy atom. The number of nitrogens with zero attached hydrogens (tertiary/aromatic N) is 1. The zero-order valence-corrected chi connectivity index (χ0v) is 13.2. The molecule has 1 aliphatic rings. The summed E-state index contributed by atoms with van der Waals surface area (Å²) >= 11 is 0. The fourth-order valence-corrected chi connectivity index (χ4v) is 3.28. The third-order valence-electron chi connectivity index (χ3n) is 4.46. The van der Waals surface area contributed by atoms with Gasteiger partial charge in [0.05, 0.1) is 0 Å². The molecule has 0 aromatic heterocycles. The van der Waals surface area contributed by atoms with E-state index in [1.807, 2.05) is 6.07 Å². The molecule has 3 atom stereocenters. The number of benzene rings is 1. The molecule has 0 aliphatic carbocycles. The molecule has 2 rings (SSSR count). The van der Waals surface area contributed by atoms with Crippen LogP contribution in [0.1, 0.15) is 52.1 Å². The molecule has 1 fully saturated rings. The molecule has 3 nitrogen and oxygen atoms in total. The summed E-state index contributed by atoms with van der Waals surface area (Å²) in [5.41, 5.74) is 2.13. The van der Waals surface area contributed by atoms with Crippen molar-refractivity contribution in [3.8, 4) is 5.75 Å². The average molecular weight is 276 g/mol. The summed E-state index contributed by atoms with van der Waals surface area (Å²) in [4.78, 5) is 2.42. The molecule has 1 aromatic rings. The SMILES string of the molecule is CCNC(C)c1ccc(N2CCC(C)CC2C)cc1O. The van der Waals surface area contributed by atoms with Crippen LogP contribution in [0.2, 0.25) is 0 Å². The lowest BCUT2D eigenvalue weighted by atomic mass is 9.92. The standard InChI is InChI=1S/C17H28N2O/c1-5-18-14(4)16-7-6-15(11-17(16)20)19-9-8-12(2)10-13(19)3/h6-7,11-14,18,20H,5,8-10H2,1-4H3. The summed E-state index contributed by atoms with van der Waals surface area (Å²) < 4.78 is 0. The molecule has 20 heavy (non-hydrogen) atoms. The van der Waals surface area contributed by atoms with Gasteiger partial charge in [0.15, 0.2) is 0 Å². The first-order valence-electron chi connectivity index (χ1n) is 7.85. The van der Waals surface area contributed by atoms with Gasteiger partial charge in [-0.3, -0.25) is 0 Å². The highest BCUT2D eigenvalue weighted by Gasteiger charge is 2.23. The van der Waals surface area contributed by atoms with Gasteiger partial charge in [-0.25, -0.2) is 0 Å². The van der Waals surface area contributed by atoms with Crippen LogP contribution in [0, 0.1) is 5.92 Å². The highest BCUT2D eigenvalue weighted by atomic mass is 16.3. The van der Waals surface area contributed by atoms with Crippen molar-refractivity contribution in [1.82, 2.24) is 5.32 Å². The lowest BCUT2D eigenvalue weighted by molar-refractivity contribution is 0.377. The van der Waals surface area contributed by atoms with E-state index in [2.05, 4.69) is 50.0 Å². The van der Waals surface area contributed by atoms with Crippen LogP contribution in [0.3, 0.4) is 0 Å². The first kappa shape index (κ1) is 15.2. The minimum absolute atomic E-state index is 0.188. The van der Waals surface area contributed by atoms with Crippen molar-refractivity contribution in [1.29, 1.82) is 0 Å². The van der Waals surface area contributed by atoms with E-state index in [1.165, 1.54) is 12.8 Å². The smallest absolute Gasteiger partial charge is 0.122 e. The van der Waals surface area contributed by atoms with Crippen LogP contribution in [-0.4, -0.2) is 24.2 Å². The number of nitrogens with one attached hydrogen (secondary N) is 1. The molecule has 112 valence electrons. The van der Waals surface area contributed by atoms with E-state index >= 15 is 0 Å². The van der Waals surface area contributed by atoms with Crippen molar-refractivity contribution < 1.29 is 5.11 Å². The maximum atomic E-state index is 10.3. The van der Waals surface area contributed by atoms with Gasteiger partial charge < -0.3 is 15.3 Å². The van der Waals surface area contributed by atoms with Gasteiger partial charge in [-0.05, 0) is 45.2 Å². The number of rotatable bonds is 4. The molecule has 1 heterocycles. The molecule has 0 amide bonds. The predicted octanol–water partition coefficient (Wildman–Crippen LogP) is 3.69. The lowest BCUT2D eigenvalue weighted by Gasteiger charge is -2.38. The normalized spacial score (nSPS) is 24.7. The van der Waals surface area contributed by atoms with Crippen molar-refractivity contribution in [3.05, 3.63) is 23.8 Å². The number of hydrogen-bond donors (Lipinski definition) is 2.